The van der Waals surface area contributed by atoms with Crippen LogP contribution in [0.1, 0.15) is 25.7 Å². The molecule has 0 aliphatic heterocycles. The van der Waals surface area contributed by atoms with E-state index in [2.05, 4.69) is 4.18 Å². The van der Waals surface area contributed by atoms with Gasteiger partial charge in [0, 0.05) is 5.92 Å². The largest absolute Gasteiger partial charge is 0.318 e. The summed E-state index contributed by atoms with van der Waals surface area (Å²) < 4.78 is 32.0. The highest BCUT2D eigenvalue weighted by molar-refractivity contribution is 7.94. The number of alkyl halides is 2. The zero-order valence-corrected chi connectivity index (χ0v) is 9.16. The maximum Gasteiger partial charge on any atom is 0.262 e. The van der Waals surface area contributed by atoms with Gasteiger partial charge in [-0.3, -0.25) is 0 Å². The Labute approximate surface area is 87.8 Å². The lowest BCUT2D eigenvalue weighted by molar-refractivity contribution is -0.0565. The first-order chi connectivity index (χ1) is 6.63. The molecule has 0 radical (unpaired) electrons. The predicted molar refractivity (Wildman–Crippen MR) is 53.4 cm³/mol. The van der Waals surface area contributed by atoms with Crippen molar-refractivity contribution in [2.45, 2.75) is 31.6 Å². The molecule has 2 rings (SSSR count). The number of hydrogen-bond donors (Lipinski definition) is 0. The molecule has 0 N–H and O–H groups in total. The molecule has 1 nitrogen and oxygen atoms in total. The van der Waals surface area contributed by atoms with Gasteiger partial charge in [-0.15, -0.1) is 0 Å². The molecule has 2 saturated carbocycles. The van der Waals surface area contributed by atoms with Crippen molar-refractivity contribution in [1.29, 1.82) is 0 Å². The quantitative estimate of drug-likeness (QED) is 0.675. The average Bonchev–Trinajstić information content (AvgIpc) is 2.75. The first-order valence-corrected chi connectivity index (χ1v) is 6.08. The molecule has 0 heterocycles. The summed E-state index contributed by atoms with van der Waals surface area (Å²) in [6.07, 6.45) is 3.97. The van der Waals surface area contributed by atoms with E-state index in [4.69, 9.17) is 0 Å². The molecule has 0 amide bonds. The molecule has 2 aliphatic carbocycles. The lowest BCUT2D eigenvalue weighted by Crippen LogP contribution is -2.34. The Morgan fingerprint density at radius 2 is 2.14 bits per heavy atom. The average molecular weight is 222 g/mol. The predicted octanol–water partition coefficient (Wildman–Crippen LogP) is 3.35. The van der Waals surface area contributed by atoms with E-state index in [9.17, 15) is 8.78 Å². The van der Waals surface area contributed by atoms with Gasteiger partial charge in [0.2, 0.25) is 0 Å². The second kappa shape index (κ2) is 3.97. The number of rotatable bonds is 4. The maximum atomic E-state index is 13.7. The van der Waals surface area contributed by atoms with E-state index >= 15 is 0 Å². The molecule has 3 unspecified atom stereocenters. The first-order valence-electron chi connectivity index (χ1n) is 5.17. The summed E-state index contributed by atoms with van der Waals surface area (Å²) in [4.78, 5) is 0. The molecule has 4 heteroatoms. The van der Waals surface area contributed by atoms with Crippen LogP contribution in [0.5, 0.6) is 0 Å². The molecule has 2 aliphatic rings. The monoisotopic (exact) mass is 222 g/mol. The topological polar surface area (TPSA) is 9.23 Å². The van der Waals surface area contributed by atoms with E-state index in [1.54, 1.807) is 0 Å². The van der Waals surface area contributed by atoms with E-state index < -0.39 is 5.92 Å². The highest BCUT2D eigenvalue weighted by Crippen LogP contribution is 2.54. The lowest BCUT2D eigenvalue weighted by atomic mass is 9.85. The van der Waals surface area contributed by atoms with Crippen LogP contribution in [0.2, 0.25) is 0 Å². The van der Waals surface area contributed by atoms with Gasteiger partial charge >= 0.3 is 0 Å². The van der Waals surface area contributed by atoms with Crippen LogP contribution in [-0.2, 0) is 4.18 Å². The molecule has 3 atom stereocenters. The molecule has 0 spiro atoms. The van der Waals surface area contributed by atoms with Gasteiger partial charge in [-0.25, -0.2) is 8.78 Å². The van der Waals surface area contributed by atoms with Crippen LogP contribution >= 0.6 is 12.0 Å². The van der Waals surface area contributed by atoms with E-state index in [-0.39, 0.29) is 17.6 Å². The number of fused-ring (bicyclic) bond motifs is 2. The maximum absolute atomic E-state index is 13.7. The van der Waals surface area contributed by atoms with E-state index in [0.29, 0.717) is 5.92 Å². The van der Waals surface area contributed by atoms with Crippen molar-refractivity contribution in [1.82, 2.24) is 0 Å². The highest BCUT2D eigenvalue weighted by Gasteiger charge is 2.51. The van der Waals surface area contributed by atoms with Crippen molar-refractivity contribution >= 4 is 12.0 Å². The minimum absolute atomic E-state index is 0.183. The van der Waals surface area contributed by atoms with E-state index in [1.165, 1.54) is 13.5 Å². The van der Waals surface area contributed by atoms with Crippen molar-refractivity contribution in [3.63, 3.8) is 0 Å². The normalized spacial score (nSPS) is 36.6. The van der Waals surface area contributed by atoms with Gasteiger partial charge in [0.1, 0.15) is 0 Å². The Kier molecular flexibility index (Phi) is 3.03. The minimum Gasteiger partial charge on any atom is -0.318 e. The summed E-state index contributed by atoms with van der Waals surface area (Å²) in [6.45, 7) is 0. The molecule has 2 fully saturated rings. The van der Waals surface area contributed by atoms with Crippen molar-refractivity contribution in [3.8, 4) is 0 Å². The highest BCUT2D eigenvalue weighted by atomic mass is 32.2. The molecule has 82 valence electrons. The molecule has 0 aromatic heterocycles. The van der Waals surface area contributed by atoms with Gasteiger partial charge in [-0.05, 0) is 43.1 Å². The van der Waals surface area contributed by atoms with Crippen LogP contribution in [0.4, 0.5) is 8.78 Å². The number of halogens is 2. The fraction of sp³-hybridized carbons (Fsp3) is 1.00. The fourth-order valence-electron chi connectivity index (χ4n) is 3.01. The van der Waals surface area contributed by atoms with Crippen LogP contribution in [0.3, 0.4) is 0 Å². The van der Waals surface area contributed by atoms with Gasteiger partial charge in [0.15, 0.2) is 0 Å². The third-order valence-corrected chi connectivity index (χ3v) is 4.39. The standard InChI is InChI=1S/C10H16F2OS/c1-13-14-6-10(11,12)9-5-7-2-3-8(9)4-7/h7-9H,2-6H2,1H3. The van der Waals surface area contributed by atoms with Crippen molar-refractivity contribution in [3.05, 3.63) is 0 Å². The zero-order chi connectivity index (χ0) is 10.2. The van der Waals surface area contributed by atoms with Crippen LogP contribution in [0, 0.1) is 17.8 Å². The Hall–Kier alpha value is 0.170. The Morgan fingerprint density at radius 1 is 1.36 bits per heavy atom. The summed E-state index contributed by atoms with van der Waals surface area (Å²) in [5, 5.41) is 0. The Morgan fingerprint density at radius 3 is 2.64 bits per heavy atom. The molecule has 0 saturated heterocycles. The lowest BCUT2D eigenvalue weighted by Gasteiger charge is -2.29. The summed E-state index contributed by atoms with van der Waals surface area (Å²) in [6, 6.07) is 0. The minimum atomic E-state index is -2.53. The van der Waals surface area contributed by atoms with Crippen LogP contribution in [-0.4, -0.2) is 18.8 Å². The van der Waals surface area contributed by atoms with Crippen LogP contribution in [0.15, 0.2) is 0 Å². The molecule has 0 aromatic carbocycles. The Balaban J connectivity index is 1.93. The Bertz CT molecular complexity index is 210. The smallest absolute Gasteiger partial charge is 0.262 e. The molecular weight excluding hydrogens is 206 g/mol. The summed E-state index contributed by atoms with van der Waals surface area (Å²) >= 11 is 0.879. The SMILES string of the molecule is COSCC(F)(F)C1CC2CCC1C2. The summed E-state index contributed by atoms with van der Waals surface area (Å²) in [7, 11) is 1.45. The molecular formula is C10H16F2OS. The first kappa shape index (κ1) is 10.7. The third-order valence-electron chi connectivity index (χ3n) is 3.65. The van der Waals surface area contributed by atoms with Crippen LogP contribution < -0.4 is 0 Å². The van der Waals surface area contributed by atoms with Crippen molar-refractivity contribution in [2.24, 2.45) is 17.8 Å². The van der Waals surface area contributed by atoms with Gasteiger partial charge < -0.3 is 4.18 Å². The van der Waals surface area contributed by atoms with Gasteiger partial charge in [-0.1, -0.05) is 6.42 Å². The molecule has 0 aromatic rings. The van der Waals surface area contributed by atoms with Gasteiger partial charge in [0.25, 0.3) is 5.92 Å². The van der Waals surface area contributed by atoms with E-state index in [1.807, 2.05) is 0 Å². The zero-order valence-electron chi connectivity index (χ0n) is 8.34. The number of hydrogen-bond acceptors (Lipinski definition) is 2. The van der Waals surface area contributed by atoms with Crippen molar-refractivity contribution in [2.75, 3.05) is 12.9 Å². The fourth-order valence-corrected chi connectivity index (χ4v) is 3.50. The van der Waals surface area contributed by atoms with Gasteiger partial charge in [0.05, 0.1) is 12.9 Å². The summed E-state index contributed by atoms with van der Waals surface area (Å²) in [5.41, 5.74) is 0. The van der Waals surface area contributed by atoms with Crippen LogP contribution in [0.25, 0.3) is 0 Å². The third kappa shape index (κ3) is 1.91. The van der Waals surface area contributed by atoms with E-state index in [0.717, 1.165) is 31.3 Å². The van der Waals surface area contributed by atoms with Gasteiger partial charge in [-0.2, -0.15) is 0 Å². The molecule has 2 bridgehead atoms. The van der Waals surface area contributed by atoms with Crippen molar-refractivity contribution < 1.29 is 13.0 Å². The second-order valence-corrected chi connectivity index (χ2v) is 5.33. The second-order valence-electron chi connectivity index (χ2n) is 4.47. The molecule has 14 heavy (non-hydrogen) atoms. The summed E-state index contributed by atoms with van der Waals surface area (Å²) in [5.74, 6) is -2.21.